The molecule has 0 bridgehead atoms. The number of phenolic OH excluding ortho intramolecular Hbond substituents is 1. The molecule has 8 heteroatoms. The summed E-state index contributed by atoms with van der Waals surface area (Å²) in [7, 11) is 0. The monoisotopic (exact) mass is 325 g/mol. The van der Waals surface area contributed by atoms with Crippen molar-refractivity contribution >= 4 is 21.9 Å². The number of benzene rings is 1. The minimum Gasteiger partial charge on any atom is -0.506 e. The maximum atomic E-state index is 13.3. The van der Waals surface area contributed by atoms with Crippen LogP contribution in [0.2, 0.25) is 0 Å². The van der Waals surface area contributed by atoms with E-state index in [9.17, 15) is 18.7 Å². The summed E-state index contributed by atoms with van der Waals surface area (Å²) < 4.78 is 26.6. The van der Waals surface area contributed by atoms with Gasteiger partial charge in [0.25, 0.3) is 5.92 Å². The molecule has 0 radical (unpaired) electrons. The van der Waals surface area contributed by atoms with Gasteiger partial charge in [-0.2, -0.15) is 0 Å². The molecule has 0 aliphatic rings. The number of hydrogen-bond donors (Lipinski definition) is 4. The molecule has 0 amide bonds. The van der Waals surface area contributed by atoms with Gasteiger partial charge in [0, 0.05) is 5.56 Å². The Morgan fingerprint density at radius 3 is 2.50 bits per heavy atom. The lowest BCUT2D eigenvalue weighted by molar-refractivity contribution is -0.0717. The first kappa shape index (κ1) is 14.8. The average molecular weight is 326 g/mol. The average Bonchev–Trinajstić information content (AvgIpc) is 2.31. The van der Waals surface area contributed by atoms with Crippen LogP contribution in [-0.2, 0) is 0 Å². The number of carboxylic acid groups (broad SMARTS) is 1. The summed E-state index contributed by atoms with van der Waals surface area (Å²) in [5.41, 5.74) is 4.06. The Balaban J connectivity index is 3.46. The maximum Gasteiger partial charge on any atom is 0.336 e. The molecule has 0 saturated carbocycles. The number of aliphatic hydroxyl groups is 1. The van der Waals surface area contributed by atoms with E-state index in [2.05, 4.69) is 15.9 Å². The van der Waals surface area contributed by atoms with Gasteiger partial charge in [0.1, 0.15) is 18.4 Å². The van der Waals surface area contributed by atoms with Gasteiger partial charge in [-0.3, -0.25) is 0 Å². The zero-order valence-corrected chi connectivity index (χ0v) is 10.5. The Bertz CT molecular complexity index is 481. The Morgan fingerprint density at radius 2 is 2.06 bits per heavy atom. The topological polar surface area (TPSA) is 104 Å². The molecule has 1 atom stereocenters. The molecule has 0 saturated heterocycles. The van der Waals surface area contributed by atoms with E-state index in [0.717, 1.165) is 6.07 Å². The Kier molecular flexibility index (Phi) is 4.25. The van der Waals surface area contributed by atoms with Crippen molar-refractivity contribution in [1.29, 1.82) is 0 Å². The zero-order chi connectivity index (χ0) is 14.1. The van der Waals surface area contributed by atoms with Crippen LogP contribution in [0.1, 0.15) is 22.0 Å². The number of aliphatic hydroxyl groups excluding tert-OH is 1. The summed E-state index contributed by atoms with van der Waals surface area (Å²) in [5.74, 6) is -5.94. The first-order valence-electron chi connectivity index (χ1n) is 4.71. The largest absolute Gasteiger partial charge is 0.506 e. The standard InChI is InChI=1S/C10H10BrF2NO4/c11-5-2-1-4(9(17)18)6(7(5)16)8(14)10(12,13)3-15/h1-2,8,15-16H,3,14H2,(H,17,18)/t8-/m0/s1. The van der Waals surface area contributed by atoms with Crippen LogP contribution in [0.3, 0.4) is 0 Å². The number of phenols is 1. The SMILES string of the molecule is N[C@@H](c1c(C(=O)O)ccc(Br)c1O)C(F)(F)CO. The van der Waals surface area contributed by atoms with Crippen molar-refractivity contribution in [2.24, 2.45) is 5.73 Å². The molecular weight excluding hydrogens is 316 g/mol. The minimum atomic E-state index is -3.75. The van der Waals surface area contributed by atoms with Gasteiger partial charge < -0.3 is 21.1 Å². The van der Waals surface area contributed by atoms with Crippen LogP contribution in [0, 0.1) is 0 Å². The highest BCUT2D eigenvalue weighted by Crippen LogP contribution is 2.39. The predicted molar refractivity (Wildman–Crippen MR) is 61.7 cm³/mol. The second kappa shape index (κ2) is 5.17. The number of halogens is 3. The van der Waals surface area contributed by atoms with E-state index in [4.69, 9.17) is 15.9 Å². The van der Waals surface area contributed by atoms with E-state index in [-0.39, 0.29) is 4.47 Å². The number of carboxylic acids is 1. The second-order valence-electron chi connectivity index (χ2n) is 3.56. The normalized spacial score (nSPS) is 13.4. The lowest BCUT2D eigenvalue weighted by atomic mass is 9.95. The lowest BCUT2D eigenvalue weighted by Gasteiger charge is -2.24. The van der Waals surface area contributed by atoms with Gasteiger partial charge in [-0.1, -0.05) is 0 Å². The highest BCUT2D eigenvalue weighted by molar-refractivity contribution is 9.10. The Labute approximate surface area is 109 Å². The Morgan fingerprint density at radius 1 is 1.50 bits per heavy atom. The minimum absolute atomic E-state index is 0.0340. The van der Waals surface area contributed by atoms with Crippen molar-refractivity contribution in [2.75, 3.05) is 6.61 Å². The number of rotatable bonds is 4. The molecule has 1 rings (SSSR count). The fourth-order valence-corrected chi connectivity index (χ4v) is 1.74. The van der Waals surface area contributed by atoms with Gasteiger partial charge in [0.15, 0.2) is 0 Å². The van der Waals surface area contributed by atoms with Gasteiger partial charge in [-0.15, -0.1) is 0 Å². The smallest absolute Gasteiger partial charge is 0.336 e. The van der Waals surface area contributed by atoms with E-state index in [0.29, 0.717) is 0 Å². The molecule has 0 fully saturated rings. The van der Waals surface area contributed by atoms with E-state index < -0.39 is 41.4 Å². The number of aromatic carboxylic acids is 1. The highest BCUT2D eigenvalue weighted by atomic mass is 79.9. The van der Waals surface area contributed by atoms with Crippen LogP contribution >= 0.6 is 15.9 Å². The summed E-state index contributed by atoms with van der Waals surface area (Å²) in [5, 5.41) is 27.1. The fourth-order valence-electron chi connectivity index (χ4n) is 1.39. The van der Waals surface area contributed by atoms with Crippen molar-refractivity contribution < 1.29 is 28.9 Å². The second-order valence-corrected chi connectivity index (χ2v) is 4.41. The van der Waals surface area contributed by atoms with Crippen LogP contribution in [0.5, 0.6) is 5.75 Å². The van der Waals surface area contributed by atoms with Crippen molar-refractivity contribution in [3.05, 3.63) is 27.7 Å². The third kappa shape index (κ3) is 2.60. The molecule has 0 unspecified atom stereocenters. The molecule has 0 aliphatic heterocycles. The van der Waals surface area contributed by atoms with Crippen molar-refractivity contribution in [3.63, 3.8) is 0 Å². The number of nitrogens with two attached hydrogens (primary N) is 1. The molecule has 1 aromatic carbocycles. The molecule has 18 heavy (non-hydrogen) atoms. The summed E-state index contributed by atoms with van der Waals surface area (Å²) in [6.45, 7) is -1.56. The van der Waals surface area contributed by atoms with Crippen LogP contribution in [0.25, 0.3) is 0 Å². The van der Waals surface area contributed by atoms with Gasteiger partial charge in [-0.05, 0) is 28.1 Å². The van der Waals surface area contributed by atoms with Crippen molar-refractivity contribution in [2.45, 2.75) is 12.0 Å². The van der Waals surface area contributed by atoms with Crippen LogP contribution in [-0.4, -0.2) is 33.8 Å². The number of hydrogen-bond acceptors (Lipinski definition) is 4. The number of aromatic hydroxyl groups is 1. The third-order valence-electron chi connectivity index (χ3n) is 2.38. The molecule has 100 valence electrons. The van der Waals surface area contributed by atoms with Crippen LogP contribution < -0.4 is 5.73 Å². The molecule has 0 heterocycles. The summed E-state index contributed by atoms with van der Waals surface area (Å²) in [4.78, 5) is 10.9. The predicted octanol–water partition coefficient (Wildman–Crippen LogP) is 1.48. The molecule has 5 N–H and O–H groups in total. The zero-order valence-electron chi connectivity index (χ0n) is 8.90. The molecule has 0 spiro atoms. The van der Waals surface area contributed by atoms with Gasteiger partial charge >= 0.3 is 5.97 Å². The summed E-state index contributed by atoms with van der Waals surface area (Å²) >= 11 is 2.88. The van der Waals surface area contributed by atoms with E-state index >= 15 is 0 Å². The summed E-state index contributed by atoms with van der Waals surface area (Å²) in [6.07, 6.45) is 0. The first-order chi connectivity index (χ1) is 8.22. The molecule has 5 nitrogen and oxygen atoms in total. The molecule has 0 aliphatic carbocycles. The van der Waals surface area contributed by atoms with E-state index in [1.807, 2.05) is 0 Å². The number of carbonyl (C=O) groups is 1. The van der Waals surface area contributed by atoms with Crippen LogP contribution in [0.15, 0.2) is 16.6 Å². The highest BCUT2D eigenvalue weighted by Gasteiger charge is 2.41. The van der Waals surface area contributed by atoms with Gasteiger partial charge in [0.2, 0.25) is 0 Å². The molecule has 0 aromatic heterocycles. The summed E-state index contributed by atoms with van der Waals surface area (Å²) in [6, 6.07) is 0.104. The maximum absolute atomic E-state index is 13.3. The van der Waals surface area contributed by atoms with E-state index in [1.165, 1.54) is 6.07 Å². The van der Waals surface area contributed by atoms with Gasteiger partial charge in [0.05, 0.1) is 10.0 Å². The number of alkyl halides is 2. The van der Waals surface area contributed by atoms with Crippen molar-refractivity contribution in [3.8, 4) is 5.75 Å². The Hall–Kier alpha value is -1.25. The van der Waals surface area contributed by atoms with Gasteiger partial charge in [-0.25, -0.2) is 13.6 Å². The van der Waals surface area contributed by atoms with E-state index in [1.54, 1.807) is 0 Å². The lowest BCUT2D eigenvalue weighted by Crippen LogP contribution is -2.37. The third-order valence-corrected chi connectivity index (χ3v) is 3.01. The quantitative estimate of drug-likeness (QED) is 0.671. The fraction of sp³-hybridized carbons (Fsp3) is 0.300. The first-order valence-corrected chi connectivity index (χ1v) is 5.50. The molecule has 1 aromatic rings. The van der Waals surface area contributed by atoms with Crippen molar-refractivity contribution in [1.82, 2.24) is 0 Å². The molecular formula is C10H10BrF2NO4. The van der Waals surface area contributed by atoms with Crippen LogP contribution in [0.4, 0.5) is 8.78 Å².